The molecule has 2 aromatic rings. The molecule has 0 fully saturated rings. The fourth-order valence-electron chi connectivity index (χ4n) is 2.48. The van der Waals surface area contributed by atoms with Crippen LogP contribution in [0.3, 0.4) is 0 Å². The lowest BCUT2D eigenvalue weighted by Crippen LogP contribution is -2.27. The van der Waals surface area contributed by atoms with E-state index in [1.165, 1.54) is 13.1 Å². The Hall–Kier alpha value is -2.09. The maximum absolute atomic E-state index is 12.2. The van der Waals surface area contributed by atoms with Crippen LogP contribution in [0.1, 0.15) is 30.5 Å². The van der Waals surface area contributed by atoms with Crippen molar-refractivity contribution in [3.05, 3.63) is 59.7 Å². The number of carbonyl (C=O) groups is 1. The van der Waals surface area contributed by atoms with Crippen molar-refractivity contribution in [3.63, 3.8) is 0 Å². The maximum Gasteiger partial charge on any atom is 0.240 e. The molecule has 1 amide bonds. The van der Waals surface area contributed by atoms with Crippen LogP contribution in [0.15, 0.2) is 53.4 Å². The first kappa shape index (κ1) is 22.0. The molecule has 0 heterocycles. The zero-order valence-corrected chi connectivity index (χ0v) is 16.4. The van der Waals surface area contributed by atoms with E-state index in [1.807, 2.05) is 31.2 Å². The summed E-state index contributed by atoms with van der Waals surface area (Å²) in [4.78, 5) is 12.3. The van der Waals surface area contributed by atoms with Crippen molar-refractivity contribution in [2.75, 3.05) is 12.8 Å². The molecule has 0 aromatic heterocycles. The largest absolute Gasteiger partial charge is 0.399 e. The molecule has 0 bridgehead atoms. The van der Waals surface area contributed by atoms with Crippen molar-refractivity contribution >= 4 is 34.0 Å². The maximum atomic E-state index is 12.2. The lowest BCUT2D eigenvalue weighted by molar-refractivity contribution is -0.121. The van der Waals surface area contributed by atoms with Crippen LogP contribution >= 0.6 is 12.4 Å². The summed E-state index contributed by atoms with van der Waals surface area (Å²) in [5.74, 6) is -0.113. The second-order valence-electron chi connectivity index (χ2n) is 5.77. The molecule has 0 saturated heterocycles. The zero-order chi connectivity index (χ0) is 18.4. The number of rotatable bonds is 7. The van der Waals surface area contributed by atoms with Crippen molar-refractivity contribution in [2.24, 2.45) is 0 Å². The summed E-state index contributed by atoms with van der Waals surface area (Å²) >= 11 is 0. The van der Waals surface area contributed by atoms with Crippen molar-refractivity contribution < 1.29 is 13.2 Å². The van der Waals surface area contributed by atoms with E-state index in [9.17, 15) is 13.2 Å². The fraction of sp³-hybridized carbons (Fsp3) is 0.278. The average molecular weight is 398 g/mol. The molecule has 2 rings (SSSR count). The molecule has 0 aliphatic rings. The minimum atomic E-state index is -3.51. The van der Waals surface area contributed by atoms with Gasteiger partial charge in [-0.25, -0.2) is 13.1 Å². The van der Waals surface area contributed by atoms with E-state index >= 15 is 0 Å². The average Bonchev–Trinajstić information content (AvgIpc) is 2.61. The molecule has 4 N–H and O–H groups in total. The van der Waals surface area contributed by atoms with Crippen LogP contribution in [0.5, 0.6) is 0 Å². The van der Waals surface area contributed by atoms with Crippen molar-refractivity contribution in [3.8, 4) is 0 Å². The van der Waals surface area contributed by atoms with Crippen LogP contribution in [0.4, 0.5) is 5.69 Å². The Kier molecular flexibility index (Phi) is 8.08. The molecule has 0 spiro atoms. The Morgan fingerprint density at radius 2 is 1.85 bits per heavy atom. The standard InChI is InChI=1S/C18H23N3O3S.ClH/c1-13(15-7-5-8-16(12-15)25(23,24)20-2)21-18(22)11-10-14-6-3-4-9-17(14)19;/h3-9,12-13,20H,10-11,19H2,1-2H3,(H,21,22);1H. The normalized spacial score (nSPS) is 12.1. The number of anilines is 1. The first-order chi connectivity index (χ1) is 11.8. The summed E-state index contributed by atoms with van der Waals surface area (Å²) in [6.45, 7) is 1.82. The first-order valence-corrected chi connectivity index (χ1v) is 9.48. The molecule has 0 radical (unpaired) electrons. The van der Waals surface area contributed by atoms with Gasteiger partial charge in [-0.05, 0) is 49.7 Å². The number of hydrogen-bond acceptors (Lipinski definition) is 4. The van der Waals surface area contributed by atoms with Gasteiger partial charge in [0.2, 0.25) is 15.9 Å². The summed E-state index contributed by atoms with van der Waals surface area (Å²) < 4.78 is 26.0. The van der Waals surface area contributed by atoms with Crippen molar-refractivity contribution in [1.29, 1.82) is 0 Å². The van der Waals surface area contributed by atoms with E-state index in [-0.39, 0.29) is 29.3 Å². The van der Waals surface area contributed by atoms with E-state index in [4.69, 9.17) is 5.73 Å². The van der Waals surface area contributed by atoms with Gasteiger partial charge >= 0.3 is 0 Å². The molecule has 142 valence electrons. The van der Waals surface area contributed by atoms with Gasteiger partial charge in [0.05, 0.1) is 10.9 Å². The van der Waals surface area contributed by atoms with E-state index in [0.29, 0.717) is 18.5 Å². The minimum Gasteiger partial charge on any atom is -0.399 e. The summed E-state index contributed by atoms with van der Waals surface area (Å²) in [7, 11) is -2.15. The molecular weight excluding hydrogens is 374 g/mol. The van der Waals surface area contributed by atoms with Crippen LogP contribution in [0.25, 0.3) is 0 Å². The van der Waals surface area contributed by atoms with Crippen molar-refractivity contribution in [1.82, 2.24) is 10.0 Å². The molecule has 1 unspecified atom stereocenters. The Morgan fingerprint density at radius 3 is 2.50 bits per heavy atom. The Morgan fingerprint density at radius 1 is 1.15 bits per heavy atom. The molecule has 6 nitrogen and oxygen atoms in total. The highest BCUT2D eigenvalue weighted by molar-refractivity contribution is 7.89. The number of nitrogens with one attached hydrogen (secondary N) is 2. The van der Waals surface area contributed by atoms with Crippen LogP contribution in [-0.2, 0) is 21.2 Å². The summed E-state index contributed by atoms with van der Waals surface area (Å²) in [6.07, 6.45) is 0.868. The molecule has 2 aromatic carbocycles. The fourth-order valence-corrected chi connectivity index (χ4v) is 3.26. The number of nitrogen functional groups attached to an aromatic ring is 1. The number of amides is 1. The lowest BCUT2D eigenvalue weighted by atomic mass is 10.1. The minimum absolute atomic E-state index is 0. The van der Waals surface area contributed by atoms with E-state index < -0.39 is 10.0 Å². The zero-order valence-electron chi connectivity index (χ0n) is 14.7. The Labute approximate surface area is 160 Å². The quantitative estimate of drug-likeness (QED) is 0.624. The predicted octanol–water partition coefficient (Wildman–Crippen LogP) is 2.41. The third kappa shape index (κ3) is 5.72. The molecule has 8 heteroatoms. The number of para-hydroxylation sites is 1. The first-order valence-electron chi connectivity index (χ1n) is 7.99. The highest BCUT2D eigenvalue weighted by atomic mass is 35.5. The SMILES string of the molecule is CNS(=O)(=O)c1cccc(C(C)NC(=O)CCc2ccccc2N)c1.Cl. The predicted molar refractivity (Wildman–Crippen MR) is 106 cm³/mol. The molecule has 0 saturated carbocycles. The molecule has 0 aliphatic heterocycles. The lowest BCUT2D eigenvalue weighted by Gasteiger charge is -2.15. The van der Waals surface area contributed by atoms with E-state index in [0.717, 1.165) is 11.1 Å². The smallest absolute Gasteiger partial charge is 0.240 e. The van der Waals surface area contributed by atoms with Gasteiger partial charge in [0.15, 0.2) is 0 Å². The van der Waals surface area contributed by atoms with E-state index in [2.05, 4.69) is 10.0 Å². The summed E-state index contributed by atoms with van der Waals surface area (Å²) in [6, 6.07) is 13.7. The number of aryl methyl sites for hydroxylation is 1. The Balaban J connectivity index is 0.00000338. The number of halogens is 1. The van der Waals surface area contributed by atoms with Crippen LogP contribution in [0, 0.1) is 0 Å². The number of nitrogens with two attached hydrogens (primary N) is 1. The third-order valence-corrected chi connectivity index (χ3v) is 5.40. The number of sulfonamides is 1. The van der Waals surface area contributed by atoms with Gasteiger partial charge in [-0.2, -0.15) is 0 Å². The molecular formula is C18H24ClN3O3S. The second kappa shape index (κ2) is 9.56. The van der Waals surface area contributed by atoms with Gasteiger partial charge in [0.1, 0.15) is 0 Å². The van der Waals surface area contributed by atoms with Gasteiger partial charge < -0.3 is 11.1 Å². The second-order valence-corrected chi connectivity index (χ2v) is 7.65. The molecule has 0 aliphatic carbocycles. The number of hydrogen-bond donors (Lipinski definition) is 3. The highest BCUT2D eigenvalue weighted by Crippen LogP contribution is 2.18. The summed E-state index contributed by atoms with van der Waals surface area (Å²) in [5, 5.41) is 2.89. The van der Waals surface area contributed by atoms with E-state index in [1.54, 1.807) is 18.2 Å². The van der Waals surface area contributed by atoms with Gasteiger partial charge in [-0.3, -0.25) is 4.79 Å². The van der Waals surface area contributed by atoms with Gasteiger partial charge in [-0.15, -0.1) is 12.4 Å². The van der Waals surface area contributed by atoms with Crippen molar-refractivity contribution in [2.45, 2.75) is 30.7 Å². The monoisotopic (exact) mass is 397 g/mol. The van der Waals surface area contributed by atoms with Gasteiger partial charge in [0, 0.05) is 12.1 Å². The van der Waals surface area contributed by atoms with Gasteiger partial charge in [0.25, 0.3) is 0 Å². The molecule has 26 heavy (non-hydrogen) atoms. The van der Waals surface area contributed by atoms with Crippen LogP contribution in [-0.4, -0.2) is 21.4 Å². The number of benzene rings is 2. The third-order valence-electron chi connectivity index (χ3n) is 3.99. The van der Waals surface area contributed by atoms with Crippen LogP contribution < -0.4 is 15.8 Å². The topological polar surface area (TPSA) is 101 Å². The molecule has 1 atom stereocenters. The highest BCUT2D eigenvalue weighted by Gasteiger charge is 2.15. The Bertz CT molecular complexity index is 856. The summed E-state index contributed by atoms with van der Waals surface area (Å²) in [5.41, 5.74) is 8.21. The van der Waals surface area contributed by atoms with Gasteiger partial charge in [-0.1, -0.05) is 30.3 Å². The van der Waals surface area contributed by atoms with Crippen LogP contribution in [0.2, 0.25) is 0 Å². The number of carbonyl (C=O) groups excluding carboxylic acids is 1.